The Morgan fingerprint density at radius 1 is 1.50 bits per heavy atom. The highest BCUT2D eigenvalue weighted by Gasteiger charge is 2.19. The fraction of sp³-hybridized carbons (Fsp3) is 0.444. The first-order valence-electron chi connectivity index (χ1n) is 3.55. The Labute approximate surface area is 62.2 Å². The van der Waals surface area contributed by atoms with Crippen LogP contribution in [0.3, 0.4) is 0 Å². The van der Waals surface area contributed by atoms with Crippen molar-refractivity contribution in [3.63, 3.8) is 0 Å². The van der Waals surface area contributed by atoms with Crippen LogP contribution in [0.5, 0.6) is 0 Å². The molecule has 1 heteroatoms. The van der Waals surface area contributed by atoms with E-state index in [1.165, 1.54) is 5.57 Å². The lowest BCUT2D eigenvalue weighted by atomic mass is 9.93. The predicted octanol–water partition coefficient (Wildman–Crippen LogP) is 2.35. The molecule has 0 unspecified atom stereocenters. The second-order valence-electron chi connectivity index (χ2n) is 2.94. The summed E-state index contributed by atoms with van der Waals surface area (Å²) < 4.78 is 0. The van der Waals surface area contributed by atoms with E-state index in [0.29, 0.717) is 0 Å². The summed E-state index contributed by atoms with van der Waals surface area (Å²) in [6.45, 7) is 6.27. The van der Waals surface area contributed by atoms with Crippen LogP contribution in [0.2, 0.25) is 0 Å². The largest absolute Gasteiger partial charge is 0.282 e. The monoisotopic (exact) mass is 135 g/mol. The van der Waals surface area contributed by atoms with E-state index < -0.39 is 0 Å². The highest BCUT2D eigenvalue weighted by atomic mass is 14.8. The molecular formula is C9H13N. The lowest BCUT2D eigenvalue weighted by Crippen LogP contribution is -2.20. The quantitative estimate of drug-likeness (QED) is 0.483. The number of hydrogen-bond donors (Lipinski definition) is 0. The van der Waals surface area contributed by atoms with Gasteiger partial charge < -0.3 is 0 Å². The summed E-state index contributed by atoms with van der Waals surface area (Å²) in [5.74, 6) is 0. The van der Waals surface area contributed by atoms with Crippen molar-refractivity contribution in [2.24, 2.45) is 4.99 Å². The van der Waals surface area contributed by atoms with Crippen LogP contribution in [0.15, 0.2) is 28.8 Å². The van der Waals surface area contributed by atoms with Gasteiger partial charge in [-0.3, -0.25) is 4.99 Å². The standard InChI is InChI=1S/C9H13N/c1-4-8-6-5-7-10-9(8,2)3/h4-7H,1-3H3/b8-4-. The van der Waals surface area contributed by atoms with Crippen molar-refractivity contribution in [1.29, 1.82) is 0 Å². The Kier molecular flexibility index (Phi) is 1.75. The molecule has 1 aliphatic heterocycles. The van der Waals surface area contributed by atoms with Gasteiger partial charge in [0.1, 0.15) is 0 Å². The average Bonchev–Trinajstić information content (AvgIpc) is 1.87. The summed E-state index contributed by atoms with van der Waals surface area (Å²) in [4.78, 5) is 4.33. The molecule has 0 aromatic heterocycles. The van der Waals surface area contributed by atoms with Crippen molar-refractivity contribution in [2.75, 3.05) is 0 Å². The van der Waals surface area contributed by atoms with Gasteiger partial charge in [-0.15, -0.1) is 0 Å². The van der Waals surface area contributed by atoms with E-state index in [9.17, 15) is 0 Å². The summed E-state index contributed by atoms with van der Waals surface area (Å²) in [5, 5.41) is 0. The molecule has 0 bridgehead atoms. The first kappa shape index (κ1) is 7.26. The van der Waals surface area contributed by atoms with Crippen LogP contribution in [0, 0.1) is 0 Å². The zero-order chi connectivity index (χ0) is 7.61. The minimum Gasteiger partial charge on any atom is -0.282 e. The number of hydrogen-bond acceptors (Lipinski definition) is 1. The molecule has 0 amide bonds. The summed E-state index contributed by atoms with van der Waals surface area (Å²) in [6.07, 6.45) is 8.04. The molecule has 0 saturated heterocycles. The van der Waals surface area contributed by atoms with Crippen molar-refractivity contribution in [2.45, 2.75) is 26.3 Å². The first-order chi connectivity index (χ1) is 4.67. The minimum atomic E-state index is -0.0104. The van der Waals surface area contributed by atoms with Crippen molar-refractivity contribution >= 4 is 6.21 Å². The van der Waals surface area contributed by atoms with Gasteiger partial charge in [0.2, 0.25) is 0 Å². The van der Waals surface area contributed by atoms with Crippen LogP contribution >= 0.6 is 0 Å². The molecule has 54 valence electrons. The SMILES string of the molecule is C/C=C1/C=CC=NC1(C)C. The lowest BCUT2D eigenvalue weighted by molar-refractivity contribution is 0.628. The third-order valence-corrected chi connectivity index (χ3v) is 1.78. The van der Waals surface area contributed by atoms with E-state index in [4.69, 9.17) is 0 Å². The van der Waals surface area contributed by atoms with Crippen molar-refractivity contribution in [3.8, 4) is 0 Å². The van der Waals surface area contributed by atoms with Gasteiger partial charge in [-0.05, 0) is 32.4 Å². The summed E-state index contributed by atoms with van der Waals surface area (Å²) in [7, 11) is 0. The molecule has 10 heavy (non-hydrogen) atoms. The van der Waals surface area contributed by atoms with Crippen LogP contribution in [0.4, 0.5) is 0 Å². The smallest absolute Gasteiger partial charge is 0.0797 e. The number of dihydropyridines is 1. The van der Waals surface area contributed by atoms with Gasteiger partial charge in [-0.25, -0.2) is 0 Å². The average molecular weight is 135 g/mol. The van der Waals surface area contributed by atoms with E-state index in [2.05, 4.69) is 31.0 Å². The molecule has 0 fully saturated rings. The van der Waals surface area contributed by atoms with E-state index in [1.54, 1.807) is 0 Å². The molecule has 0 aromatic rings. The van der Waals surface area contributed by atoms with Crippen molar-refractivity contribution < 1.29 is 0 Å². The maximum absolute atomic E-state index is 4.33. The molecule has 0 radical (unpaired) electrons. The van der Waals surface area contributed by atoms with E-state index in [-0.39, 0.29) is 5.54 Å². The van der Waals surface area contributed by atoms with Gasteiger partial charge >= 0.3 is 0 Å². The van der Waals surface area contributed by atoms with Gasteiger partial charge in [0.25, 0.3) is 0 Å². The predicted molar refractivity (Wildman–Crippen MR) is 45.5 cm³/mol. The molecule has 0 aliphatic carbocycles. The number of rotatable bonds is 0. The molecular weight excluding hydrogens is 122 g/mol. The van der Waals surface area contributed by atoms with Crippen LogP contribution in [-0.2, 0) is 0 Å². The Hall–Kier alpha value is -0.850. The maximum atomic E-state index is 4.33. The summed E-state index contributed by atoms with van der Waals surface area (Å²) >= 11 is 0. The maximum Gasteiger partial charge on any atom is 0.0797 e. The highest BCUT2D eigenvalue weighted by molar-refractivity contribution is 5.75. The molecule has 0 aromatic carbocycles. The van der Waals surface area contributed by atoms with Crippen LogP contribution < -0.4 is 0 Å². The number of aliphatic imine (C=N–C) groups is 1. The van der Waals surface area contributed by atoms with Gasteiger partial charge in [0.05, 0.1) is 5.54 Å². The van der Waals surface area contributed by atoms with Crippen LogP contribution in [0.1, 0.15) is 20.8 Å². The molecule has 0 saturated carbocycles. The molecule has 0 spiro atoms. The van der Waals surface area contributed by atoms with Gasteiger partial charge in [-0.1, -0.05) is 12.2 Å². The van der Waals surface area contributed by atoms with Crippen molar-refractivity contribution in [3.05, 3.63) is 23.8 Å². The molecule has 1 nitrogen and oxygen atoms in total. The van der Waals surface area contributed by atoms with Crippen LogP contribution in [-0.4, -0.2) is 11.8 Å². The Bertz CT molecular complexity index is 207. The van der Waals surface area contributed by atoms with Gasteiger partial charge in [0.15, 0.2) is 0 Å². The van der Waals surface area contributed by atoms with Crippen molar-refractivity contribution in [1.82, 2.24) is 0 Å². The number of allylic oxidation sites excluding steroid dienone is 2. The number of nitrogens with zero attached hydrogens (tertiary/aromatic N) is 1. The van der Waals surface area contributed by atoms with E-state index >= 15 is 0 Å². The van der Waals surface area contributed by atoms with Gasteiger partial charge in [0, 0.05) is 6.21 Å². The zero-order valence-corrected chi connectivity index (χ0v) is 6.76. The highest BCUT2D eigenvalue weighted by Crippen LogP contribution is 2.23. The Morgan fingerprint density at radius 2 is 2.20 bits per heavy atom. The second kappa shape index (κ2) is 2.41. The Balaban J connectivity index is 2.96. The Morgan fingerprint density at radius 3 is 2.60 bits per heavy atom. The van der Waals surface area contributed by atoms with E-state index in [1.807, 2.05) is 19.2 Å². The van der Waals surface area contributed by atoms with E-state index in [0.717, 1.165) is 0 Å². The lowest BCUT2D eigenvalue weighted by Gasteiger charge is -2.23. The third-order valence-electron chi connectivity index (χ3n) is 1.78. The molecule has 1 rings (SSSR count). The van der Waals surface area contributed by atoms with Crippen LogP contribution in [0.25, 0.3) is 0 Å². The fourth-order valence-corrected chi connectivity index (χ4v) is 1.10. The molecule has 1 aliphatic rings. The van der Waals surface area contributed by atoms with Gasteiger partial charge in [-0.2, -0.15) is 0 Å². The normalized spacial score (nSPS) is 25.7. The molecule has 1 heterocycles. The molecule has 0 atom stereocenters. The summed E-state index contributed by atoms with van der Waals surface area (Å²) in [5.41, 5.74) is 1.28. The summed E-state index contributed by atoms with van der Waals surface area (Å²) in [6, 6.07) is 0. The molecule has 0 N–H and O–H groups in total. The fourth-order valence-electron chi connectivity index (χ4n) is 1.10. The second-order valence-corrected chi connectivity index (χ2v) is 2.94. The third kappa shape index (κ3) is 1.18. The topological polar surface area (TPSA) is 12.4 Å². The first-order valence-corrected chi connectivity index (χ1v) is 3.55. The minimum absolute atomic E-state index is 0.0104. The zero-order valence-electron chi connectivity index (χ0n) is 6.76.